The fourth-order valence-electron chi connectivity index (χ4n) is 2.43. The Morgan fingerprint density at radius 1 is 0.952 bits per heavy atom. The number of halogens is 1. The fraction of sp³-hybridized carbons (Fsp3) is 0.176. The minimum Gasteiger partial charge on any atom is -0.497 e. The maximum Gasteiger partial charge on any atom is 0.161 e. The Balaban J connectivity index is 2.23. The molecule has 3 nitrogen and oxygen atoms in total. The van der Waals surface area contributed by atoms with Crippen molar-refractivity contribution >= 4 is 22.5 Å². The van der Waals surface area contributed by atoms with Crippen molar-refractivity contribution in [2.24, 2.45) is 0 Å². The highest BCUT2D eigenvalue weighted by molar-refractivity contribution is 6.34. The molecule has 0 saturated carbocycles. The van der Waals surface area contributed by atoms with Crippen LogP contribution in [0.5, 0.6) is 5.75 Å². The van der Waals surface area contributed by atoms with Crippen LogP contribution >= 0.6 is 11.6 Å². The Kier molecular flexibility index (Phi) is 3.52. The van der Waals surface area contributed by atoms with E-state index < -0.39 is 0 Å². The fourth-order valence-corrected chi connectivity index (χ4v) is 2.67. The average molecular weight is 299 g/mol. The van der Waals surface area contributed by atoms with Crippen molar-refractivity contribution in [3.63, 3.8) is 0 Å². The van der Waals surface area contributed by atoms with Gasteiger partial charge in [-0.2, -0.15) is 0 Å². The smallest absolute Gasteiger partial charge is 0.161 e. The van der Waals surface area contributed by atoms with Gasteiger partial charge in [-0.3, -0.25) is 0 Å². The van der Waals surface area contributed by atoms with Crippen molar-refractivity contribution < 1.29 is 4.74 Å². The Labute approximate surface area is 128 Å². The third-order valence-corrected chi connectivity index (χ3v) is 3.63. The van der Waals surface area contributed by atoms with Gasteiger partial charge in [0.25, 0.3) is 0 Å². The van der Waals surface area contributed by atoms with E-state index in [0.717, 1.165) is 22.2 Å². The molecule has 106 valence electrons. The van der Waals surface area contributed by atoms with Crippen LogP contribution in [0, 0.1) is 13.8 Å². The summed E-state index contributed by atoms with van der Waals surface area (Å²) in [5, 5.41) is 1.28. The number of hydrogen-bond donors (Lipinski definition) is 0. The van der Waals surface area contributed by atoms with E-state index in [-0.39, 0.29) is 0 Å². The summed E-state index contributed by atoms with van der Waals surface area (Å²) in [5.74, 6) is 1.39. The summed E-state index contributed by atoms with van der Waals surface area (Å²) in [6, 6.07) is 11.8. The molecule has 0 fully saturated rings. The average Bonchev–Trinajstić information content (AvgIpc) is 2.45. The minimum absolute atomic E-state index is 0.455. The molecule has 0 aliphatic rings. The lowest BCUT2D eigenvalue weighted by Crippen LogP contribution is -1.94. The zero-order valence-electron chi connectivity index (χ0n) is 12.1. The molecule has 1 heterocycles. The first-order chi connectivity index (χ1) is 10.1. The Hall–Kier alpha value is -2.13. The summed E-state index contributed by atoms with van der Waals surface area (Å²) in [6.07, 6.45) is 0. The normalized spacial score (nSPS) is 10.9. The van der Waals surface area contributed by atoms with Crippen molar-refractivity contribution in [2.45, 2.75) is 13.8 Å². The van der Waals surface area contributed by atoms with Crippen molar-refractivity contribution in [3.8, 4) is 17.1 Å². The monoisotopic (exact) mass is 298 g/mol. The number of nitrogens with zero attached hydrogens (tertiary/aromatic N) is 2. The van der Waals surface area contributed by atoms with Crippen LogP contribution in [0.1, 0.15) is 11.1 Å². The van der Waals surface area contributed by atoms with Crippen LogP contribution in [-0.4, -0.2) is 17.1 Å². The summed E-state index contributed by atoms with van der Waals surface area (Å²) >= 11 is 6.30. The highest BCUT2D eigenvalue weighted by Crippen LogP contribution is 2.28. The number of rotatable bonds is 2. The first-order valence-corrected chi connectivity index (χ1v) is 7.04. The predicted octanol–water partition coefficient (Wildman–Crippen LogP) is 4.58. The van der Waals surface area contributed by atoms with E-state index in [1.54, 1.807) is 7.11 Å². The molecular weight excluding hydrogens is 284 g/mol. The lowest BCUT2D eigenvalue weighted by molar-refractivity contribution is 0.415. The van der Waals surface area contributed by atoms with Crippen LogP contribution in [0.4, 0.5) is 0 Å². The number of hydrogen-bond acceptors (Lipinski definition) is 3. The van der Waals surface area contributed by atoms with Gasteiger partial charge in [-0.25, -0.2) is 9.97 Å². The maximum absolute atomic E-state index is 6.30. The number of ether oxygens (including phenoxy) is 1. The van der Waals surface area contributed by atoms with Crippen LogP contribution in [0.25, 0.3) is 22.3 Å². The summed E-state index contributed by atoms with van der Waals surface area (Å²) in [6.45, 7) is 4.12. The molecule has 21 heavy (non-hydrogen) atoms. The summed E-state index contributed by atoms with van der Waals surface area (Å²) in [4.78, 5) is 9.04. The topological polar surface area (TPSA) is 35.0 Å². The second kappa shape index (κ2) is 5.34. The highest BCUT2D eigenvalue weighted by Gasteiger charge is 2.09. The van der Waals surface area contributed by atoms with Gasteiger partial charge < -0.3 is 4.74 Å². The van der Waals surface area contributed by atoms with Gasteiger partial charge in [-0.1, -0.05) is 28.8 Å². The summed E-state index contributed by atoms with van der Waals surface area (Å²) in [7, 11) is 1.63. The Morgan fingerprint density at radius 3 is 2.33 bits per heavy atom. The van der Waals surface area contributed by atoms with Gasteiger partial charge in [-0.15, -0.1) is 0 Å². The summed E-state index contributed by atoms with van der Waals surface area (Å²) < 4.78 is 5.24. The molecule has 0 radical (unpaired) electrons. The van der Waals surface area contributed by atoms with E-state index in [4.69, 9.17) is 16.3 Å². The lowest BCUT2D eigenvalue weighted by atomic mass is 10.1. The second-order valence-electron chi connectivity index (χ2n) is 5.10. The van der Waals surface area contributed by atoms with E-state index in [0.29, 0.717) is 11.0 Å². The van der Waals surface area contributed by atoms with Crippen LogP contribution < -0.4 is 4.74 Å². The van der Waals surface area contributed by atoms with Crippen molar-refractivity contribution in [2.75, 3.05) is 7.11 Å². The SMILES string of the molecule is COc1ccc2c(Cl)nc(-c3cc(C)cc(C)c3)nc2c1. The Bertz CT molecular complexity index is 810. The first-order valence-electron chi connectivity index (χ1n) is 6.67. The molecule has 0 unspecified atom stereocenters. The molecule has 0 atom stereocenters. The third kappa shape index (κ3) is 2.69. The van der Waals surface area contributed by atoms with Crippen molar-refractivity contribution in [3.05, 3.63) is 52.7 Å². The molecule has 2 aromatic carbocycles. The standard InChI is InChI=1S/C17H15ClN2O/c1-10-6-11(2)8-12(7-10)17-19-15-9-13(21-3)4-5-14(15)16(18)20-17/h4-9H,1-3H3. The molecule has 0 bridgehead atoms. The zero-order valence-corrected chi connectivity index (χ0v) is 12.9. The van der Waals surface area contributed by atoms with Crippen LogP contribution in [0.3, 0.4) is 0 Å². The Morgan fingerprint density at radius 2 is 1.67 bits per heavy atom. The van der Waals surface area contributed by atoms with Gasteiger partial charge in [0, 0.05) is 17.0 Å². The van der Waals surface area contributed by atoms with E-state index in [2.05, 4.69) is 42.0 Å². The van der Waals surface area contributed by atoms with Gasteiger partial charge in [-0.05, 0) is 38.1 Å². The minimum atomic E-state index is 0.455. The quantitative estimate of drug-likeness (QED) is 0.650. The first kappa shape index (κ1) is 13.8. The van der Waals surface area contributed by atoms with Gasteiger partial charge >= 0.3 is 0 Å². The van der Waals surface area contributed by atoms with Crippen LogP contribution in [-0.2, 0) is 0 Å². The van der Waals surface area contributed by atoms with Crippen LogP contribution in [0.15, 0.2) is 36.4 Å². The van der Waals surface area contributed by atoms with Crippen molar-refractivity contribution in [1.82, 2.24) is 9.97 Å². The molecular formula is C17H15ClN2O. The number of fused-ring (bicyclic) bond motifs is 1. The molecule has 0 aliphatic heterocycles. The number of benzene rings is 2. The predicted molar refractivity (Wildman–Crippen MR) is 86.0 cm³/mol. The molecule has 0 saturated heterocycles. The van der Waals surface area contributed by atoms with E-state index >= 15 is 0 Å². The summed E-state index contributed by atoms with van der Waals surface area (Å²) in [5.41, 5.74) is 4.11. The lowest BCUT2D eigenvalue weighted by Gasteiger charge is -2.08. The number of methoxy groups -OCH3 is 1. The van der Waals surface area contributed by atoms with Gasteiger partial charge in [0.2, 0.25) is 0 Å². The highest BCUT2D eigenvalue weighted by atomic mass is 35.5. The third-order valence-electron chi connectivity index (χ3n) is 3.34. The maximum atomic E-state index is 6.30. The van der Waals surface area contributed by atoms with E-state index in [1.165, 1.54) is 11.1 Å². The van der Waals surface area contributed by atoms with Gasteiger partial charge in [0.05, 0.1) is 12.6 Å². The molecule has 0 spiro atoms. The van der Waals surface area contributed by atoms with Crippen LogP contribution in [0.2, 0.25) is 5.15 Å². The van der Waals surface area contributed by atoms with E-state index in [9.17, 15) is 0 Å². The van der Waals surface area contributed by atoms with Gasteiger partial charge in [0.15, 0.2) is 5.82 Å². The number of aryl methyl sites for hydroxylation is 2. The zero-order chi connectivity index (χ0) is 15.0. The largest absolute Gasteiger partial charge is 0.497 e. The molecule has 1 aromatic heterocycles. The second-order valence-corrected chi connectivity index (χ2v) is 5.46. The molecule has 3 rings (SSSR count). The number of aromatic nitrogens is 2. The van der Waals surface area contributed by atoms with E-state index in [1.807, 2.05) is 18.2 Å². The van der Waals surface area contributed by atoms with Gasteiger partial charge in [0.1, 0.15) is 10.9 Å². The molecule has 3 aromatic rings. The molecule has 0 aliphatic carbocycles. The molecule has 0 amide bonds. The van der Waals surface area contributed by atoms with Crippen molar-refractivity contribution in [1.29, 1.82) is 0 Å². The molecule has 0 N–H and O–H groups in total. The molecule has 4 heteroatoms.